The first-order chi connectivity index (χ1) is 13.6. The highest BCUT2D eigenvalue weighted by atomic mass is 19.1. The van der Waals surface area contributed by atoms with Gasteiger partial charge in [0.05, 0.1) is 5.57 Å². The Morgan fingerprint density at radius 2 is 1.57 bits per heavy atom. The number of hydrogen-bond acceptors (Lipinski definition) is 5. The first-order valence-corrected chi connectivity index (χ1v) is 8.47. The number of nitrogens with zero attached hydrogens (tertiary/aromatic N) is 3. The summed E-state index contributed by atoms with van der Waals surface area (Å²) < 4.78 is 14.6. The van der Waals surface area contributed by atoms with E-state index in [2.05, 4.69) is 9.97 Å². The molecule has 0 saturated carbocycles. The zero-order valence-electron chi connectivity index (χ0n) is 14.5. The standard InChI is InChI=1S/C21H14FN3O3/c22-15-10-5-4-9-14(15)17-16(18(26)13-7-2-1-3-8-13)19(27)20(28)25(17)21-23-11-6-12-24-21/h1-12,17,26H/b18-16-. The highest BCUT2D eigenvalue weighted by Gasteiger charge is 2.48. The Balaban J connectivity index is 1.98. The summed E-state index contributed by atoms with van der Waals surface area (Å²) in [4.78, 5) is 34.7. The Hall–Kier alpha value is -3.87. The van der Waals surface area contributed by atoms with Crippen LogP contribution >= 0.6 is 0 Å². The molecule has 2 heterocycles. The lowest BCUT2D eigenvalue weighted by Gasteiger charge is -2.23. The van der Waals surface area contributed by atoms with Crippen molar-refractivity contribution in [2.45, 2.75) is 6.04 Å². The number of anilines is 1. The molecule has 6 nitrogen and oxygen atoms in total. The van der Waals surface area contributed by atoms with Crippen LogP contribution in [0.1, 0.15) is 17.2 Å². The lowest BCUT2D eigenvalue weighted by molar-refractivity contribution is -0.132. The van der Waals surface area contributed by atoms with Crippen LogP contribution in [0.4, 0.5) is 10.3 Å². The van der Waals surface area contributed by atoms with Crippen LogP contribution in [0.5, 0.6) is 0 Å². The van der Waals surface area contributed by atoms with E-state index in [1.54, 1.807) is 42.5 Å². The number of Topliss-reactive ketones (excluding diaryl/α,β-unsaturated/α-hetero) is 1. The number of benzene rings is 2. The number of ketones is 1. The molecule has 4 rings (SSSR count). The largest absolute Gasteiger partial charge is 0.507 e. The Kier molecular flexibility index (Phi) is 4.41. The lowest BCUT2D eigenvalue weighted by Crippen LogP contribution is -2.31. The SMILES string of the molecule is O=C1C(=O)N(c2ncccn2)C(c2ccccc2F)/C1=C(/O)c1ccccc1. The minimum Gasteiger partial charge on any atom is -0.507 e. The molecule has 1 aromatic heterocycles. The van der Waals surface area contributed by atoms with Crippen molar-refractivity contribution in [3.8, 4) is 0 Å². The predicted molar refractivity (Wildman–Crippen MR) is 99.7 cm³/mol. The van der Waals surface area contributed by atoms with Crippen molar-refractivity contribution < 1.29 is 19.1 Å². The first-order valence-electron chi connectivity index (χ1n) is 8.47. The summed E-state index contributed by atoms with van der Waals surface area (Å²) in [5.74, 6) is -2.91. The van der Waals surface area contributed by atoms with Crippen LogP contribution in [-0.2, 0) is 9.59 Å². The van der Waals surface area contributed by atoms with Crippen LogP contribution in [-0.4, -0.2) is 26.8 Å². The van der Waals surface area contributed by atoms with Gasteiger partial charge in [0.2, 0.25) is 5.95 Å². The van der Waals surface area contributed by atoms with E-state index in [4.69, 9.17) is 0 Å². The van der Waals surface area contributed by atoms with Gasteiger partial charge in [-0.1, -0.05) is 48.5 Å². The monoisotopic (exact) mass is 375 g/mol. The smallest absolute Gasteiger partial charge is 0.302 e. The summed E-state index contributed by atoms with van der Waals surface area (Å²) in [5.41, 5.74) is 0.191. The van der Waals surface area contributed by atoms with Crippen molar-refractivity contribution in [3.05, 3.63) is 95.6 Å². The van der Waals surface area contributed by atoms with Gasteiger partial charge in [0.15, 0.2) is 0 Å². The number of halogens is 1. The molecule has 0 radical (unpaired) electrons. The van der Waals surface area contributed by atoms with Crippen molar-refractivity contribution >= 4 is 23.4 Å². The van der Waals surface area contributed by atoms with E-state index in [1.165, 1.54) is 30.6 Å². The molecule has 138 valence electrons. The summed E-state index contributed by atoms with van der Waals surface area (Å²) in [7, 11) is 0. The number of rotatable bonds is 3. The highest BCUT2D eigenvalue weighted by molar-refractivity contribution is 6.51. The van der Waals surface area contributed by atoms with E-state index in [-0.39, 0.29) is 22.8 Å². The van der Waals surface area contributed by atoms with Gasteiger partial charge in [-0.15, -0.1) is 0 Å². The second-order valence-electron chi connectivity index (χ2n) is 6.11. The van der Waals surface area contributed by atoms with E-state index in [9.17, 15) is 19.1 Å². The second-order valence-corrected chi connectivity index (χ2v) is 6.11. The van der Waals surface area contributed by atoms with E-state index >= 15 is 0 Å². The summed E-state index contributed by atoms with van der Waals surface area (Å²) in [6.45, 7) is 0. The summed E-state index contributed by atoms with van der Waals surface area (Å²) in [5, 5.41) is 10.8. The zero-order chi connectivity index (χ0) is 19.7. The number of aliphatic hydroxyl groups excluding tert-OH is 1. The van der Waals surface area contributed by atoms with Crippen molar-refractivity contribution in [2.24, 2.45) is 0 Å². The Labute approximate surface area is 159 Å². The van der Waals surface area contributed by atoms with Crippen LogP contribution in [0.3, 0.4) is 0 Å². The molecular weight excluding hydrogens is 361 g/mol. The van der Waals surface area contributed by atoms with E-state index in [1.807, 2.05) is 0 Å². The second kappa shape index (κ2) is 7.03. The predicted octanol–water partition coefficient (Wildman–Crippen LogP) is 3.24. The van der Waals surface area contributed by atoms with Crippen LogP contribution in [0, 0.1) is 5.82 Å². The number of hydrogen-bond donors (Lipinski definition) is 1. The molecule has 1 atom stereocenters. The number of aromatic nitrogens is 2. The van der Waals surface area contributed by atoms with Crippen LogP contribution in [0.2, 0.25) is 0 Å². The molecule has 1 aliphatic heterocycles. The average molecular weight is 375 g/mol. The van der Waals surface area contributed by atoms with Crippen molar-refractivity contribution in [1.29, 1.82) is 0 Å². The maximum absolute atomic E-state index is 14.6. The first kappa shape index (κ1) is 17.5. The maximum Gasteiger partial charge on any atom is 0.302 e. The molecule has 1 N–H and O–H groups in total. The summed E-state index contributed by atoms with van der Waals surface area (Å²) >= 11 is 0. The topological polar surface area (TPSA) is 83.4 Å². The normalized spacial score (nSPS) is 18.5. The Bertz CT molecular complexity index is 1080. The summed E-state index contributed by atoms with van der Waals surface area (Å²) in [6.07, 6.45) is 2.83. The van der Waals surface area contributed by atoms with Gasteiger partial charge in [0.1, 0.15) is 17.6 Å². The molecule has 1 aliphatic rings. The fraction of sp³-hybridized carbons (Fsp3) is 0.0476. The Morgan fingerprint density at radius 1 is 0.929 bits per heavy atom. The molecule has 1 saturated heterocycles. The van der Waals surface area contributed by atoms with Crippen LogP contribution in [0.15, 0.2) is 78.6 Å². The van der Waals surface area contributed by atoms with Gasteiger partial charge < -0.3 is 5.11 Å². The van der Waals surface area contributed by atoms with Gasteiger partial charge >= 0.3 is 5.91 Å². The van der Waals surface area contributed by atoms with Gasteiger partial charge in [-0.25, -0.2) is 14.4 Å². The molecule has 1 fully saturated rings. The van der Waals surface area contributed by atoms with E-state index in [0.29, 0.717) is 5.56 Å². The van der Waals surface area contributed by atoms with Crippen LogP contribution in [0.25, 0.3) is 5.76 Å². The molecule has 7 heteroatoms. The zero-order valence-corrected chi connectivity index (χ0v) is 14.5. The molecule has 0 aliphatic carbocycles. The minimum absolute atomic E-state index is 0.0510. The third-order valence-corrected chi connectivity index (χ3v) is 4.46. The van der Waals surface area contributed by atoms with Crippen LogP contribution < -0.4 is 4.90 Å². The van der Waals surface area contributed by atoms with Gasteiger partial charge in [-0.05, 0) is 12.1 Å². The molecule has 1 unspecified atom stereocenters. The molecular formula is C21H14FN3O3. The molecule has 2 aromatic carbocycles. The molecule has 1 amide bonds. The third kappa shape index (κ3) is 2.83. The van der Waals surface area contributed by atoms with Gasteiger partial charge in [-0.3, -0.25) is 14.5 Å². The van der Waals surface area contributed by atoms with E-state index in [0.717, 1.165) is 4.90 Å². The lowest BCUT2D eigenvalue weighted by atomic mass is 9.95. The third-order valence-electron chi connectivity index (χ3n) is 4.46. The maximum atomic E-state index is 14.6. The van der Waals surface area contributed by atoms with Gasteiger partial charge in [0.25, 0.3) is 5.78 Å². The summed E-state index contributed by atoms with van der Waals surface area (Å²) in [6, 6.07) is 14.5. The number of carbonyl (C=O) groups excluding carboxylic acids is 2. The molecule has 0 bridgehead atoms. The quantitative estimate of drug-likeness (QED) is 0.432. The van der Waals surface area contributed by atoms with Crippen molar-refractivity contribution in [2.75, 3.05) is 4.90 Å². The van der Waals surface area contributed by atoms with Gasteiger partial charge in [-0.2, -0.15) is 0 Å². The minimum atomic E-state index is -1.19. The molecule has 28 heavy (non-hydrogen) atoms. The number of amides is 1. The van der Waals surface area contributed by atoms with E-state index < -0.39 is 23.5 Å². The highest BCUT2D eigenvalue weighted by Crippen LogP contribution is 2.41. The fourth-order valence-corrected chi connectivity index (χ4v) is 3.20. The van der Waals surface area contributed by atoms with Gasteiger partial charge in [0, 0.05) is 23.5 Å². The van der Waals surface area contributed by atoms with Crippen molar-refractivity contribution in [3.63, 3.8) is 0 Å². The Morgan fingerprint density at radius 3 is 2.25 bits per heavy atom. The average Bonchev–Trinajstić information content (AvgIpc) is 3.00. The fourth-order valence-electron chi connectivity index (χ4n) is 3.20. The molecule has 0 spiro atoms. The molecule has 3 aromatic rings. The van der Waals surface area contributed by atoms with Crippen molar-refractivity contribution in [1.82, 2.24) is 9.97 Å². The number of carbonyl (C=O) groups is 2. The number of aliphatic hydroxyl groups is 1.